The highest BCUT2D eigenvalue weighted by Gasteiger charge is 2.01. The highest BCUT2D eigenvalue weighted by molar-refractivity contribution is 5.81. The molecule has 0 aliphatic rings. The standard InChI is InChI=1S/C18H18N2O/c1-21-17-9-7-14(8-10-17)12-19-13-16-5-2-4-15-6-3-11-20-18(15)16/h2-11,19H,12-13H2,1H3. The van der Waals surface area contributed by atoms with E-state index < -0.39 is 0 Å². The third-order valence-electron chi connectivity index (χ3n) is 3.52. The second-order valence-corrected chi connectivity index (χ2v) is 4.94. The monoisotopic (exact) mass is 278 g/mol. The van der Waals surface area contributed by atoms with Crippen molar-refractivity contribution in [2.75, 3.05) is 7.11 Å². The summed E-state index contributed by atoms with van der Waals surface area (Å²) in [6.45, 7) is 1.63. The minimum Gasteiger partial charge on any atom is -0.497 e. The Morgan fingerprint density at radius 2 is 1.76 bits per heavy atom. The summed E-state index contributed by atoms with van der Waals surface area (Å²) in [4.78, 5) is 4.47. The molecule has 1 N–H and O–H groups in total. The zero-order chi connectivity index (χ0) is 14.5. The summed E-state index contributed by atoms with van der Waals surface area (Å²) in [5.74, 6) is 0.886. The number of methoxy groups -OCH3 is 1. The van der Waals surface area contributed by atoms with Crippen LogP contribution in [0.2, 0.25) is 0 Å². The number of pyridine rings is 1. The number of ether oxygens (including phenoxy) is 1. The third-order valence-corrected chi connectivity index (χ3v) is 3.52. The van der Waals surface area contributed by atoms with Crippen molar-refractivity contribution in [2.45, 2.75) is 13.1 Å². The molecule has 21 heavy (non-hydrogen) atoms. The maximum Gasteiger partial charge on any atom is 0.118 e. The molecule has 0 bridgehead atoms. The summed E-state index contributed by atoms with van der Waals surface area (Å²) in [6, 6.07) is 18.5. The van der Waals surface area contributed by atoms with E-state index in [9.17, 15) is 0 Å². The molecule has 0 saturated carbocycles. The Kier molecular flexibility index (Phi) is 4.12. The topological polar surface area (TPSA) is 34.1 Å². The largest absolute Gasteiger partial charge is 0.497 e. The van der Waals surface area contributed by atoms with Crippen LogP contribution in [-0.2, 0) is 13.1 Å². The Morgan fingerprint density at radius 3 is 2.57 bits per heavy atom. The predicted octanol–water partition coefficient (Wildman–Crippen LogP) is 3.53. The summed E-state index contributed by atoms with van der Waals surface area (Å²) in [5.41, 5.74) is 3.54. The van der Waals surface area contributed by atoms with Crippen LogP contribution in [0.15, 0.2) is 60.8 Å². The third kappa shape index (κ3) is 3.20. The lowest BCUT2D eigenvalue weighted by atomic mass is 10.1. The fourth-order valence-electron chi connectivity index (χ4n) is 2.39. The lowest BCUT2D eigenvalue weighted by Gasteiger charge is -2.08. The van der Waals surface area contributed by atoms with Crippen LogP contribution in [0.5, 0.6) is 5.75 Å². The van der Waals surface area contributed by atoms with Crippen LogP contribution in [0.25, 0.3) is 10.9 Å². The van der Waals surface area contributed by atoms with Crippen LogP contribution in [0, 0.1) is 0 Å². The Morgan fingerprint density at radius 1 is 0.952 bits per heavy atom. The summed E-state index contributed by atoms with van der Waals surface area (Å²) in [5, 5.41) is 4.65. The average molecular weight is 278 g/mol. The molecule has 0 fully saturated rings. The van der Waals surface area contributed by atoms with Crippen LogP contribution >= 0.6 is 0 Å². The lowest BCUT2D eigenvalue weighted by molar-refractivity contribution is 0.414. The van der Waals surface area contributed by atoms with Crippen LogP contribution in [0.1, 0.15) is 11.1 Å². The molecule has 1 heterocycles. The molecule has 2 aromatic carbocycles. The van der Waals surface area contributed by atoms with Crippen molar-refractivity contribution in [2.24, 2.45) is 0 Å². The summed E-state index contributed by atoms with van der Waals surface area (Å²) >= 11 is 0. The average Bonchev–Trinajstić information content (AvgIpc) is 2.56. The van der Waals surface area contributed by atoms with Crippen LogP contribution < -0.4 is 10.1 Å². The van der Waals surface area contributed by atoms with E-state index >= 15 is 0 Å². The minimum atomic E-state index is 0.806. The van der Waals surface area contributed by atoms with Crippen LogP contribution in [0.4, 0.5) is 0 Å². The van der Waals surface area contributed by atoms with Crippen molar-refractivity contribution in [1.29, 1.82) is 0 Å². The molecule has 3 nitrogen and oxygen atoms in total. The van der Waals surface area contributed by atoms with E-state index in [-0.39, 0.29) is 0 Å². The van der Waals surface area contributed by atoms with E-state index in [4.69, 9.17) is 4.74 Å². The fraction of sp³-hybridized carbons (Fsp3) is 0.167. The van der Waals surface area contributed by atoms with Gasteiger partial charge in [0.05, 0.1) is 12.6 Å². The Balaban J connectivity index is 1.66. The number of nitrogens with one attached hydrogen (secondary N) is 1. The van der Waals surface area contributed by atoms with Gasteiger partial charge in [-0.25, -0.2) is 0 Å². The quantitative estimate of drug-likeness (QED) is 0.775. The van der Waals surface area contributed by atoms with E-state index in [0.29, 0.717) is 0 Å². The molecule has 3 rings (SSSR count). The van der Waals surface area contributed by atoms with Gasteiger partial charge in [-0.1, -0.05) is 36.4 Å². The second kappa shape index (κ2) is 6.37. The minimum absolute atomic E-state index is 0.806. The molecule has 3 aromatic rings. The van der Waals surface area contributed by atoms with Gasteiger partial charge in [-0.05, 0) is 29.3 Å². The van der Waals surface area contributed by atoms with E-state index in [1.165, 1.54) is 16.5 Å². The number of hydrogen-bond donors (Lipinski definition) is 1. The number of fused-ring (bicyclic) bond motifs is 1. The van der Waals surface area contributed by atoms with Gasteiger partial charge in [0.2, 0.25) is 0 Å². The van der Waals surface area contributed by atoms with Crippen molar-refractivity contribution >= 4 is 10.9 Å². The van der Waals surface area contributed by atoms with Gasteiger partial charge < -0.3 is 10.1 Å². The van der Waals surface area contributed by atoms with E-state index in [2.05, 4.69) is 46.7 Å². The van der Waals surface area contributed by atoms with Gasteiger partial charge in [0.15, 0.2) is 0 Å². The molecule has 1 aromatic heterocycles. The lowest BCUT2D eigenvalue weighted by Crippen LogP contribution is -2.13. The molecule has 0 spiro atoms. The highest BCUT2D eigenvalue weighted by atomic mass is 16.5. The smallest absolute Gasteiger partial charge is 0.118 e. The molecule has 0 amide bonds. The first-order valence-electron chi connectivity index (χ1n) is 7.03. The normalized spacial score (nSPS) is 10.7. The summed E-state index contributed by atoms with van der Waals surface area (Å²) in [7, 11) is 1.68. The molecule has 0 aliphatic heterocycles. The Labute approximate surface area is 124 Å². The first-order valence-corrected chi connectivity index (χ1v) is 7.03. The second-order valence-electron chi connectivity index (χ2n) is 4.94. The van der Waals surface area contributed by atoms with Gasteiger partial charge in [-0.2, -0.15) is 0 Å². The molecule has 0 atom stereocenters. The van der Waals surface area contributed by atoms with Gasteiger partial charge in [0.25, 0.3) is 0 Å². The van der Waals surface area contributed by atoms with Gasteiger partial charge in [-0.15, -0.1) is 0 Å². The zero-order valence-electron chi connectivity index (χ0n) is 12.0. The number of nitrogens with zero attached hydrogens (tertiary/aromatic N) is 1. The molecule has 0 aliphatic carbocycles. The van der Waals surface area contributed by atoms with Crippen molar-refractivity contribution in [3.8, 4) is 5.75 Å². The zero-order valence-corrected chi connectivity index (χ0v) is 12.0. The Hall–Kier alpha value is -2.39. The molecular weight excluding hydrogens is 260 g/mol. The first-order chi connectivity index (χ1) is 10.4. The summed E-state index contributed by atoms with van der Waals surface area (Å²) < 4.78 is 5.16. The molecule has 3 heteroatoms. The van der Waals surface area contributed by atoms with Gasteiger partial charge in [0.1, 0.15) is 5.75 Å². The number of aromatic nitrogens is 1. The molecule has 0 radical (unpaired) electrons. The van der Waals surface area contributed by atoms with Crippen molar-refractivity contribution in [1.82, 2.24) is 10.3 Å². The molecular formula is C18H18N2O. The highest BCUT2D eigenvalue weighted by Crippen LogP contribution is 2.16. The maximum absolute atomic E-state index is 5.16. The van der Waals surface area contributed by atoms with E-state index in [0.717, 1.165) is 24.4 Å². The Bertz CT molecular complexity index is 717. The maximum atomic E-state index is 5.16. The van der Waals surface area contributed by atoms with E-state index in [1.54, 1.807) is 7.11 Å². The van der Waals surface area contributed by atoms with Crippen molar-refractivity contribution < 1.29 is 4.74 Å². The van der Waals surface area contributed by atoms with Crippen molar-refractivity contribution in [3.63, 3.8) is 0 Å². The molecule has 106 valence electrons. The SMILES string of the molecule is COc1ccc(CNCc2cccc3cccnc23)cc1. The molecule has 0 saturated heterocycles. The number of para-hydroxylation sites is 1. The van der Waals surface area contributed by atoms with E-state index in [1.807, 2.05) is 24.4 Å². The van der Waals surface area contributed by atoms with Crippen LogP contribution in [-0.4, -0.2) is 12.1 Å². The first kappa shape index (κ1) is 13.6. The van der Waals surface area contributed by atoms with Crippen LogP contribution in [0.3, 0.4) is 0 Å². The van der Waals surface area contributed by atoms with Gasteiger partial charge in [-0.3, -0.25) is 4.98 Å². The molecule has 0 unspecified atom stereocenters. The fourth-order valence-corrected chi connectivity index (χ4v) is 2.39. The number of rotatable bonds is 5. The number of hydrogen-bond acceptors (Lipinski definition) is 3. The van der Waals surface area contributed by atoms with Gasteiger partial charge in [0, 0.05) is 24.7 Å². The predicted molar refractivity (Wildman–Crippen MR) is 85.3 cm³/mol. The van der Waals surface area contributed by atoms with Gasteiger partial charge >= 0.3 is 0 Å². The van der Waals surface area contributed by atoms with Crippen molar-refractivity contribution in [3.05, 3.63) is 71.9 Å². The number of benzene rings is 2. The summed E-state index contributed by atoms with van der Waals surface area (Å²) in [6.07, 6.45) is 1.84.